The molecule has 0 fully saturated rings. The Bertz CT molecular complexity index is 186. The Morgan fingerprint density at radius 2 is 2.14 bits per heavy atom. The SMILES string of the molecule is CC(C)CCOCC(F)(F)C(=O)NN. The van der Waals surface area contributed by atoms with Crippen molar-refractivity contribution in [3.8, 4) is 0 Å². The number of hydrogen-bond acceptors (Lipinski definition) is 3. The van der Waals surface area contributed by atoms with Crippen molar-refractivity contribution in [1.29, 1.82) is 0 Å². The van der Waals surface area contributed by atoms with Crippen molar-refractivity contribution in [2.45, 2.75) is 26.2 Å². The first kappa shape index (κ1) is 13.2. The third-order valence-electron chi connectivity index (χ3n) is 1.59. The van der Waals surface area contributed by atoms with Crippen molar-refractivity contribution >= 4 is 5.91 Å². The second kappa shape index (κ2) is 5.87. The maximum absolute atomic E-state index is 12.7. The molecule has 0 aliphatic carbocycles. The van der Waals surface area contributed by atoms with Crippen LogP contribution in [-0.2, 0) is 9.53 Å². The van der Waals surface area contributed by atoms with E-state index < -0.39 is 18.4 Å². The number of amides is 1. The zero-order valence-electron chi connectivity index (χ0n) is 8.35. The summed E-state index contributed by atoms with van der Waals surface area (Å²) in [5.41, 5.74) is 1.39. The van der Waals surface area contributed by atoms with Gasteiger partial charge in [-0.1, -0.05) is 13.8 Å². The van der Waals surface area contributed by atoms with Gasteiger partial charge in [-0.3, -0.25) is 10.2 Å². The second-order valence-corrected chi connectivity index (χ2v) is 3.41. The predicted octanol–water partition coefficient (Wildman–Crippen LogP) is 0.674. The fourth-order valence-corrected chi connectivity index (χ4v) is 0.691. The molecule has 0 radical (unpaired) electrons. The van der Waals surface area contributed by atoms with Crippen LogP contribution in [-0.4, -0.2) is 25.0 Å². The Morgan fingerprint density at radius 3 is 2.57 bits per heavy atom. The van der Waals surface area contributed by atoms with E-state index >= 15 is 0 Å². The first-order chi connectivity index (χ1) is 6.40. The molecule has 0 saturated heterocycles. The van der Waals surface area contributed by atoms with Crippen LogP contribution in [0.1, 0.15) is 20.3 Å². The van der Waals surface area contributed by atoms with Crippen molar-refractivity contribution in [3.63, 3.8) is 0 Å². The smallest absolute Gasteiger partial charge is 0.348 e. The summed E-state index contributed by atoms with van der Waals surface area (Å²) in [6.45, 7) is 3.19. The molecule has 1 amide bonds. The number of carbonyl (C=O) groups excluding carboxylic acids is 1. The molecule has 0 aliphatic rings. The highest BCUT2D eigenvalue weighted by atomic mass is 19.3. The largest absolute Gasteiger partial charge is 0.375 e. The fraction of sp³-hybridized carbons (Fsp3) is 0.875. The van der Waals surface area contributed by atoms with E-state index in [9.17, 15) is 13.6 Å². The third-order valence-corrected chi connectivity index (χ3v) is 1.59. The van der Waals surface area contributed by atoms with Crippen LogP contribution >= 0.6 is 0 Å². The molecule has 0 rings (SSSR count). The lowest BCUT2D eigenvalue weighted by molar-refractivity contribution is -0.154. The number of nitrogens with one attached hydrogen (secondary N) is 1. The summed E-state index contributed by atoms with van der Waals surface area (Å²) < 4.78 is 30.1. The highest BCUT2D eigenvalue weighted by Gasteiger charge is 2.38. The van der Waals surface area contributed by atoms with Crippen LogP contribution in [0.5, 0.6) is 0 Å². The maximum atomic E-state index is 12.7. The van der Waals surface area contributed by atoms with Crippen LogP contribution < -0.4 is 11.3 Å². The Morgan fingerprint density at radius 1 is 1.57 bits per heavy atom. The Balaban J connectivity index is 3.71. The van der Waals surface area contributed by atoms with Crippen LogP contribution in [0.25, 0.3) is 0 Å². The molecule has 0 bridgehead atoms. The number of halogens is 2. The molecule has 3 N–H and O–H groups in total. The zero-order valence-corrected chi connectivity index (χ0v) is 8.35. The van der Waals surface area contributed by atoms with E-state index in [0.29, 0.717) is 12.3 Å². The summed E-state index contributed by atoms with van der Waals surface area (Å²) >= 11 is 0. The molecule has 0 aromatic rings. The van der Waals surface area contributed by atoms with Crippen molar-refractivity contribution in [3.05, 3.63) is 0 Å². The molecule has 0 unspecified atom stereocenters. The molecule has 0 heterocycles. The third kappa shape index (κ3) is 5.08. The standard InChI is InChI=1S/C8H16F2N2O2/c1-6(2)3-4-14-5-8(9,10)7(13)12-11/h6H,3-5,11H2,1-2H3,(H,12,13). The highest BCUT2D eigenvalue weighted by molar-refractivity contribution is 5.82. The topological polar surface area (TPSA) is 64.3 Å². The van der Waals surface area contributed by atoms with Crippen LogP contribution in [0, 0.1) is 5.92 Å². The Kier molecular flexibility index (Phi) is 5.56. The lowest BCUT2D eigenvalue weighted by Gasteiger charge is -2.14. The molecule has 0 atom stereocenters. The van der Waals surface area contributed by atoms with Gasteiger partial charge in [-0.15, -0.1) is 0 Å². The van der Waals surface area contributed by atoms with Gasteiger partial charge in [0.05, 0.1) is 0 Å². The molecule has 0 aliphatic heterocycles. The Labute approximate surface area is 81.8 Å². The summed E-state index contributed by atoms with van der Waals surface area (Å²) in [6, 6.07) is 0. The summed E-state index contributed by atoms with van der Waals surface area (Å²) in [6.07, 6.45) is 0.681. The lowest BCUT2D eigenvalue weighted by atomic mass is 10.1. The van der Waals surface area contributed by atoms with Crippen molar-refractivity contribution in [2.24, 2.45) is 11.8 Å². The number of carbonyl (C=O) groups is 1. The molecule has 84 valence electrons. The molecule has 14 heavy (non-hydrogen) atoms. The monoisotopic (exact) mass is 210 g/mol. The number of nitrogens with two attached hydrogens (primary N) is 1. The van der Waals surface area contributed by atoms with Gasteiger partial charge in [-0.05, 0) is 12.3 Å². The molecule has 0 saturated carbocycles. The predicted molar refractivity (Wildman–Crippen MR) is 47.6 cm³/mol. The normalized spacial score (nSPS) is 11.9. The molecule has 4 nitrogen and oxygen atoms in total. The van der Waals surface area contributed by atoms with Gasteiger partial charge in [0.15, 0.2) is 0 Å². The Hall–Kier alpha value is -0.750. The highest BCUT2D eigenvalue weighted by Crippen LogP contribution is 2.13. The van der Waals surface area contributed by atoms with E-state index in [4.69, 9.17) is 0 Å². The number of ether oxygens (including phenoxy) is 1. The van der Waals surface area contributed by atoms with Gasteiger partial charge in [0, 0.05) is 6.61 Å². The minimum absolute atomic E-state index is 0.213. The summed E-state index contributed by atoms with van der Waals surface area (Å²) in [7, 11) is 0. The van der Waals surface area contributed by atoms with Gasteiger partial charge >= 0.3 is 11.8 Å². The average Bonchev–Trinajstić information content (AvgIpc) is 2.10. The molecule has 0 aromatic heterocycles. The van der Waals surface area contributed by atoms with E-state index in [1.807, 2.05) is 13.8 Å². The van der Waals surface area contributed by atoms with Gasteiger partial charge in [0.25, 0.3) is 0 Å². The van der Waals surface area contributed by atoms with E-state index in [0.717, 1.165) is 0 Å². The number of hydrogen-bond donors (Lipinski definition) is 2. The lowest BCUT2D eigenvalue weighted by Crippen LogP contribution is -2.46. The van der Waals surface area contributed by atoms with E-state index in [1.54, 1.807) is 0 Å². The van der Waals surface area contributed by atoms with Crippen molar-refractivity contribution in [1.82, 2.24) is 5.43 Å². The summed E-state index contributed by atoms with van der Waals surface area (Å²) in [5, 5.41) is 0. The minimum atomic E-state index is -3.55. The van der Waals surface area contributed by atoms with E-state index in [1.165, 1.54) is 5.43 Å². The van der Waals surface area contributed by atoms with Crippen LogP contribution in [0.15, 0.2) is 0 Å². The average molecular weight is 210 g/mol. The molecule has 0 spiro atoms. The van der Waals surface area contributed by atoms with Crippen molar-refractivity contribution in [2.75, 3.05) is 13.2 Å². The summed E-state index contributed by atoms with van der Waals surface area (Å²) in [4.78, 5) is 10.5. The van der Waals surface area contributed by atoms with Crippen LogP contribution in [0.3, 0.4) is 0 Å². The number of hydrazine groups is 1. The van der Waals surface area contributed by atoms with E-state index in [2.05, 4.69) is 10.6 Å². The van der Waals surface area contributed by atoms with Crippen LogP contribution in [0.2, 0.25) is 0 Å². The quantitative estimate of drug-likeness (QED) is 0.293. The molecule has 6 heteroatoms. The second-order valence-electron chi connectivity index (χ2n) is 3.41. The van der Waals surface area contributed by atoms with Gasteiger partial charge in [-0.25, -0.2) is 5.84 Å². The van der Waals surface area contributed by atoms with Crippen LogP contribution in [0.4, 0.5) is 8.78 Å². The van der Waals surface area contributed by atoms with Gasteiger partial charge in [-0.2, -0.15) is 8.78 Å². The van der Waals surface area contributed by atoms with Gasteiger partial charge < -0.3 is 4.74 Å². The number of alkyl halides is 2. The molecule has 0 aromatic carbocycles. The van der Waals surface area contributed by atoms with Gasteiger partial charge in [0.2, 0.25) is 0 Å². The number of rotatable bonds is 6. The fourth-order valence-electron chi connectivity index (χ4n) is 0.691. The van der Waals surface area contributed by atoms with Gasteiger partial charge in [0.1, 0.15) is 6.61 Å². The maximum Gasteiger partial charge on any atom is 0.348 e. The van der Waals surface area contributed by atoms with Crippen molar-refractivity contribution < 1.29 is 18.3 Å². The molecular formula is C8H16F2N2O2. The first-order valence-corrected chi connectivity index (χ1v) is 4.36. The zero-order chi connectivity index (χ0) is 11.2. The minimum Gasteiger partial charge on any atom is -0.375 e. The first-order valence-electron chi connectivity index (χ1n) is 4.36. The molecular weight excluding hydrogens is 194 g/mol. The van der Waals surface area contributed by atoms with E-state index in [-0.39, 0.29) is 6.61 Å². The summed E-state index contributed by atoms with van der Waals surface area (Å²) in [5.74, 6) is -0.119.